The molecule has 0 aliphatic rings. The van der Waals surface area contributed by atoms with Crippen molar-refractivity contribution in [2.45, 2.75) is 6.42 Å². The molecule has 3 heteroatoms. The van der Waals surface area contributed by atoms with E-state index in [9.17, 15) is 9.90 Å². The third-order valence-corrected chi connectivity index (χ3v) is 1.37. The van der Waals surface area contributed by atoms with Crippen LogP contribution in [-0.4, -0.2) is 16.2 Å². The molecule has 0 bridgehead atoms. The molecule has 0 atom stereocenters. The Kier molecular flexibility index (Phi) is 2.93. The van der Waals surface area contributed by atoms with E-state index < -0.39 is 5.97 Å². The summed E-state index contributed by atoms with van der Waals surface area (Å²) in [7, 11) is 0. The number of carboxylic acid groups (broad SMARTS) is 1. The molecule has 0 saturated carbocycles. The van der Waals surface area contributed by atoms with Crippen LogP contribution in [0.4, 0.5) is 0 Å². The van der Waals surface area contributed by atoms with Gasteiger partial charge >= 0.3 is 5.97 Å². The Bertz CT molecular complexity index is 371. The highest BCUT2D eigenvalue weighted by atomic mass is 16.4. The highest BCUT2D eigenvalue weighted by Crippen LogP contribution is 2.13. The Hall–Kier alpha value is -1.95. The van der Waals surface area contributed by atoms with E-state index in [2.05, 4.69) is 11.8 Å². The zero-order valence-electron chi connectivity index (χ0n) is 6.82. The SMILES string of the molecule is O=C(O)CC#Cc1ccccc1O. The molecule has 0 aromatic heterocycles. The van der Waals surface area contributed by atoms with Crippen LogP contribution in [0.5, 0.6) is 5.75 Å². The van der Waals surface area contributed by atoms with Gasteiger partial charge < -0.3 is 10.2 Å². The first-order valence-corrected chi connectivity index (χ1v) is 3.69. The van der Waals surface area contributed by atoms with Crippen molar-refractivity contribution in [1.82, 2.24) is 0 Å². The molecular formula is C10H8O3. The van der Waals surface area contributed by atoms with Gasteiger partial charge in [-0.3, -0.25) is 4.79 Å². The van der Waals surface area contributed by atoms with Gasteiger partial charge in [0.05, 0.1) is 5.56 Å². The molecular weight excluding hydrogens is 168 g/mol. The fourth-order valence-corrected chi connectivity index (χ4v) is 0.794. The lowest BCUT2D eigenvalue weighted by Gasteiger charge is -1.92. The third-order valence-electron chi connectivity index (χ3n) is 1.37. The predicted molar refractivity (Wildman–Crippen MR) is 47.2 cm³/mol. The fraction of sp³-hybridized carbons (Fsp3) is 0.100. The fourth-order valence-electron chi connectivity index (χ4n) is 0.794. The highest BCUT2D eigenvalue weighted by Gasteiger charge is 1.94. The molecule has 0 aliphatic carbocycles. The smallest absolute Gasteiger partial charge is 0.315 e. The molecule has 3 nitrogen and oxygen atoms in total. The largest absolute Gasteiger partial charge is 0.507 e. The van der Waals surface area contributed by atoms with Crippen LogP contribution in [0.3, 0.4) is 0 Å². The maximum Gasteiger partial charge on any atom is 0.315 e. The summed E-state index contributed by atoms with van der Waals surface area (Å²) in [6, 6.07) is 6.54. The van der Waals surface area contributed by atoms with Gasteiger partial charge in [0.25, 0.3) is 0 Å². The summed E-state index contributed by atoms with van der Waals surface area (Å²) in [6.07, 6.45) is -0.214. The first-order chi connectivity index (χ1) is 6.20. The average molecular weight is 176 g/mol. The van der Waals surface area contributed by atoms with Crippen molar-refractivity contribution in [2.24, 2.45) is 0 Å². The van der Waals surface area contributed by atoms with Gasteiger partial charge in [0.1, 0.15) is 12.2 Å². The minimum atomic E-state index is -0.970. The van der Waals surface area contributed by atoms with Gasteiger partial charge in [0.15, 0.2) is 0 Å². The number of hydrogen-bond acceptors (Lipinski definition) is 2. The van der Waals surface area contributed by atoms with Crippen LogP contribution in [0.1, 0.15) is 12.0 Å². The number of benzene rings is 1. The number of carboxylic acids is 1. The van der Waals surface area contributed by atoms with E-state index in [1.165, 1.54) is 6.07 Å². The summed E-state index contributed by atoms with van der Waals surface area (Å²) >= 11 is 0. The maximum atomic E-state index is 10.1. The van der Waals surface area contributed by atoms with Crippen molar-refractivity contribution in [1.29, 1.82) is 0 Å². The van der Waals surface area contributed by atoms with E-state index >= 15 is 0 Å². The van der Waals surface area contributed by atoms with Crippen LogP contribution in [0.15, 0.2) is 24.3 Å². The van der Waals surface area contributed by atoms with Gasteiger partial charge in [0.2, 0.25) is 0 Å². The molecule has 1 aromatic carbocycles. The Morgan fingerprint density at radius 2 is 2.08 bits per heavy atom. The minimum Gasteiger partial charge on any atom is -0.507 e. The van der Waals surface area contributed by atoms with Crippen LogP contribution in [0.2, 0.25) is 0 Å². The van der Waals surface area contributed by atoms with Crippen molar-refractivity contribution >= 4 is 5.97 Å². The van der Waals surface area contributed by atoms with Crippen molar-refractivity contribution in [3.63, 3.8) is 0 Å². The van der Waals surface area contributed by atoms with Crippen molar-refractivity contribution in [3.05, 3.63) is 29.8 Å². The van der Waals surface area contributed by atoms with Gasteiger partial charge in [-0.05, 0) is 12.1 Å². The molecule has 0 spiro atoms. The summed E-state index contributed by atoms with van der Waals surface area (Å²) in [5.41, 5.74) is 0.448. The molecule has 1 aromatic rings. The summed E-state index contributed by atoms with van der Waals surface area (Å²) in [4.78, 5) is 10.1. The van der Waals surface area contributed by atoms with Crippen LogP contribution in [-0.2, 0) is 4.79 Å². The van der Waals surface area contributed by atoms with E-state index in [1.54, 1.807) is 18.2 Å². The van der Waals surface area contributed by atoms with Gasteiger partial charge in [-0.2, -0.15) is 0 Å². The average Bonchev–Trinajstić information content (AvgIpc) is 2.08. The molecule has 0 radical (unpaired) electrons. The lowest BCUT2D eigenvalue weighted by molar-refractivity contribution is -0.135. The number of para-hydroxylation sites is 1. The number of phenolic OH excluding ortho intramolecular Hbond substituents is 1. The minimum absolute atomic E-state index is 0.0698. The molecule has 66 valence electrons. The van der Waals surface area contributed by atoms with Gasteiger partial charge in [-0.1, -0.05) is 24.0 Å². The van der Waals surface area contributed by atoms with E-state index in [4.69, 9.17) is 5.11 Å². The number of aliphatic carboxylic acids is 1. The van der Waals surface area contributed by atoms with Crippen molar-refractivity contribution in [2.75, 3.05) is 0 Å². The molecule has 1 rings (SSSR count). The summed E-state index contributed by atoms with van der Waals surface area (Å²) in [5.74, 6) is 4.10. The number of hydrogen-bond donors (Lipinski definition) is 2. The number of carbonyl (C=O) groups is 1. The lowest BCUT2D eigenvalue weighted by Crippen LogP contribution is -1.90. The van der Waals surface area contributed by atoms with Crippen LogP contribution in [0, 0.1) is 11.8 Å². The normalized spacial score (nSPS) is 8.62. The van der Waals surface area contributed by atoms with E-state index in [0.717, 1.165) is 0 Å². The Morgan fingerprint density at radius 3 is 2.69 bits per heavy atom. The summed E-state index contributed by atoms with van der Waals surface area (Å²) in [6.45, 7) is 0. The topological polar surface area (TPSA) is 57.5 Å². The molecule has 13 heavy (non-hydrogen) atoms. The second-order valence-corrected chi connectivity index (χ2v) is 2.39. The van der Waals surface area contributed by atoms with Crippen LogP contribution in [0.25, 0.3) is 0 Å². The van der Waals surface area contributed by atoms with Gasteiger partial charge in [0, 0.05) is 0 Å². The van der Waals surface area contributed by atoms with Crippen molar-refractivity contribution < 1.29 is 15.0 Å². The molecule has 0 fully saturated rings. The number of rotatable bonds is 1. The standard InChI is InChI=1S/C10H8O3/c11-9-6-2-1-4-8(9)5-3-7-10(12)13/h1-2,4,6,11H,7H2,(H,12,13). The molecule has 2 N–H and O–H groups in total. The first kappa shape index (κ1) is 9.14. The van der Waals surface area contributed by atoms with E-state index in [0.29, 0.717) is 5.56 Å². The van der Waals surface area contributed by atoms with Gasteiger partial charge in [-0.15, -0.1) is 0 Å². The van der Waals surface area contributed by atoms with Crippen LogP contribution < -0.4 is 0 Å². The summed E-state index contributed by atoms with van der Waals surface area (Å²) < 4.78 is 0. The number of phenols is 1. The van der Waals surface area contributed by atoms with E-state index in [-0.39, 0.29) is 12.2 Å². The first-order valence-electron chi connectivity index (χ1n) is 3.69. The molecule has 0 unspecified atom stereocenters. The second kappa shape index (κ2) is 4.17. The third kappa shape index (κ3) is 2.88. The predicted octanol–water partition coefficient (Wildman–Crippen LogP) is 1.22. The summed E-state index contributed by atoms with van der Waals surface area (Å²) in [5, 5.41) is 17.5. The van der Waals surface area contributed by atoms with Gasteiger partial charge in [-0.25, -0.2) is 0 Å². The maximum absolute atomic E-state index is 10.1. The number of aromatic hydroxyl groups is 1. The lowest BCUT2D eigenvalue weighted by atomic mass is 10.2. The quantitative estimate of drug-likeness (QED) is 0.632. The van der Waals surface area contributed by atoms with E-state index in [1.807, 2.05) is 0 Å². The monoisotopic (exact) mass is 176 g/mol. The second-order valence-electron chi connectivity index (χ2n) is 2.39. The Balaban J connectivity index is 2.77. The molecule has 0 amide bonds. The molecule has 0 saturated heterocycles. The highest BCUT2D eigenvalue weighted by molar-refractivity contribution is 5.70. The zero-order valence-corrected chi connectivity index (χ0v) is 6.82. The Morgan fingerprint density at radius 1 is 1.38 bits per heavy atom. The zero-order chi connectivity index (χ0) is 9.68. The Labute approximate surface area is 75.6 Å². The van der Waals surface area contributed by atoms with Crippen LogP contribution >= 0.6 is 0 Å². The molecule has 0 aliphatic heterocycles. The van der Waals surface area contributed by atoms with Crippen molar-refractivity contribution in [3.8, 4) is 17.6 Å². The molecule has 0 heterocycles.